The van der Waals surface area contributed by atoms with Gasteiger partial charge in [0, 0.05) is 36.3 Å². The van der Waals surface area contributed by atoms with Crippen LogP contribution >= 0.6 is 15.9 Å². The SMILES string of the molecule is [CH2]CN1CCN(c2ccc(Br)cc2)CC1. The van der Waals surface area contributed by atoms with Gasteiger partial charge in [-0.1, -0.05) is 15.9 Å². The van der Waals surface area contributed by atoms with Crippen LogP contribution in [0.3, 0.4) is 0 Å². The molecule has 81 valence electrons. The Morgan fingerprint density at radius 1 is 1.07 bits per heavy atom. The van der Waals surface area contributed by atoms with E-state index in [9.17, 15) is 0 Å². The van der Waals surface area contributed by atoms with Crippen LogP contribution < -0.4 is 4.90 Å². The van der Waals surface area contributed by atoms with Gasteiger partial charge in [-0.25, -0.2) is 0 Å². The van der Waals surface area contributed by atoms with Crippen LogP contribution in [0.4, 0.5) is 5.69 Å². The van der Waals surface area contributed by atoms with Crippen LogP contribution in [0.25, 0.3) is 0 Å². The fourth-order valence-corrected chi connectivity index (χ4v) is 2.15. The molecule has 1 radical (unpaired) electrons. The van der Waals surface area contributed by atoms with Gasteiger partial charge in [-0.2, -0.15) is 0 Å². The molecule has 0 saturated carbocycles. The summed E-state index contributed by atoms with van der Waals surface area (Å²) in [5.74, 6) is 0. The standard InChI is InChI=1S/C12H16BrN2/c1-2-14-7-9-15(10-8-14)12-5-3-11(13)4-6-12/h3-6H,1-2,7-10H2. The highest BCUT2D eigenvalue weighted by Gasteiger charge is 2.15. The minimum absolute atomic E-state index is 0.925. The molecule has 0 aliphatic carbocycles. The average Bonchev–Trinajstić information content (AvgIpc) is 2.30. The van der Waals surface area contributed by atoms with E-state index in [0.717, 1.165) is 37.2 Å². The molecule has 0 atom stereocenters. The Morgan fingerprint density at radius 3 is 2.20 bits per heavy atom. The monoisotopic (exact) mass is 267 g/mol. The quantitative estimate of drug-likeness (QED) is 0.812. The molecule has 2 rings (SSSR count). The summed E-state index contributed by atoms with van der Waals surface area (Å²) in [4.78, 5) is 4.81. The number of piperazine rings is 1. The molecule has 1 aromatic carbocycles. The zero-order valence-corrected chi connectivity index (χ0v) is 10.4. The van der Waals surface area contributed by atoms with Crippen molar-refractivity contribution in [2.24, 2.45) is 0 Å². The average molecular weight is 268 g/mol. The van der Waals surface area contributed by atoms with Gasteiger partial charge in [0.15, 0.2) is 0 Å². The van der Waals surface area contributed by atoms with E-state index in [-0.39, 0.29) is 0 Å². The zero-order chi connectivity index (χ0) is 10.7. The summed E-state index contributed by atoms with van der Waals surface area (Å²) in [5.41, 5.74) is 1.32. The normalized spacial score (nSPS) is 18.1. The summed E-state index contributed by atoms with van der Waals surface area (Å²) in [7, 11) is 0. The largest absolute Gasteiger partial charge is 0.369 e. The lowest BCUT2D eigenvalue weighted by molar-refractivity contribution is 0.283. The second-order valence-electron chi connectivity index (χ2n) is 3.81. The van der Waals surface area contributed by atoms with Gasteiger partial charge in [-0.3, -0.25) is 4.90 Å². The van der Waals surface area contributed by atoms with E-state index in [0.29, 0.717) is 0 Å². The second kappa shape index (κ2) is 4.99. The first kappa shape index (κ1) is 11.0. The summed E-state index contributed by atoms with van der Waals surface area (Å²) in [6, 6.07) is 8.54. The molecule has 1 aliphatic heterocycles. The van der Waals surface area contributed by atoms with Crippen molar-refractivity contribution in [3.8, 4) is 0 Å². The highest BCUT2D eigenvalue weighted by atomic mass is 79.9. The molecule has 1 aliphatic rings. The van der Waals surface area contributed by atoms with Crippen molar-refractivity contribution < 1.29 is 0 Å². The Hall–Kier alpha value is -0.540. The molecule has 15 heavy (non-hydrogen) atoms. The molecule has 0 N–H and O–H groups in total. The fraction of sp³-hybridized carbons (Fsp3) is 0.417. The molecule has 0 unspecified atom stereocenters. The smallest absolute Gasteiger partial charge is 0.0367 e. The minimum Gasteiger partial charge on any atom is -0.369 e. The van der Waals surface area contributed by atoms with Crippen molar-refractivity contribution in [3.63, 3.8) is 0 Å². The molecule has 0 spiro atoms. The second-order valence-corrected chi connectivity index (χ2v) is 4.72. The Labute approximate surface area is 100 Å². The molecular weight excluding hydrogens is 252 g/mol. The number of halogens is 1. The van der Waals surface area contributed by atoms with Gasteiger partial charge in [-0.05, 0) is 37.7 Å². The first-order chi connectivity index (χ1) is 7.29. The van der Waals surface area contributed by atoms with Gasteiger partial charge in [-0.15, -0.1) is 0 Å². The maximum absolute atomic E-state index is 3.92. The van der Waals surface area contributed by atoms with E-state index in [2.05, 4.69) is 56.9 Å². The number of benzene rings is 1. The fourth-order valence-electron chi connectivity index (χ4n) is 1.88. The van der Waals surface area contributed by atoms with E-state index in [4.69, 9.17) is 0 Å². The van der Waals surface area contributed by atoms with Crippen LogP contribution in [-0.2, 0) is 0 Å². The van der Waals surface area contributed by atoms with Crippen LogP contribution in [0.1, 0.15) is 0 Å². The predicted molar refractivity (Wildman–Crippen MR) is 68.2 cm³/mol. The molecule has 1 heterocycles. The van der Waals surface area contributed by atoms with Crippen LogP contribution in [0.2, 0.25) is 0 Å². The Balaban J connectivity index is 1.98. The molecular formula is C12H16BrN2. The molecule has 1 aromatic rings. The third kappa shape index (κ3) is 2.73. The number of hydrogen-bond acceptors (Lipinski definition) is 2. The maximum atomic E-state index is 3.92. The first-order valence-electron chi connectivity index (χ1n) is 5.32. The molecule has 0 aromatic heterocycles. The number of nitrogens with zero attached hydrogens (tertiary/aromatic N) is 2. The lowest BCUT2D eigenvalue weighted by atomic mass is 10.2. The highest BCUT2D eigenvalue weighted by molar-refractivity contribution is 9.10. The van der Waals surface area contributed by atoms with Crippen LogP contribution in [0, 0.1) is 6.92 Å². The Bertz CT molecular complexity index is 302. The van der Waals surface area contributed by atoms with E-state index in [1.54, 1.807) is 0 Å². The summed E-state index contributed by atoms with van der Waals surface area (Å²) >= 11 is 3.46. The zero-order valence-electron chi connectivity index (χ0n) is 8.82. The van der Waals surface area contributed by atoms with Crippen molar-refractivity contribution in [1.82, 2.24) is 4.90 Å². The van der Waals surface area contributed by atoms with Gasteiger partial charge in [0.1, 0.15) is 0 Å². The first-order valence-corrected chi connectivity index (χ1v) is 6.11. The van der Waals surface area contributed by atoms with Crippen molar-refractivity contribution in [2.45, 2.75) is 0 Å². The van der Waals surface area contributed by atoms with Gasteiger partial charge in [0.2, 0.25) is 0 Å². The van der Waals surface area contributed by atoms with Crippen molar-refractivity contribution in [3.05, 3.63) is 35.7 Å². The summed E-state index contributed by atoms with van der Waals surface area (Å²) in [6.07, 6.45) is 0. The number of anilines is 1. The third-order valence-corrected chi connectivity index (χ3v) is 3.41. The summed E-state index contributed by atoms with van der Waals surface area (Å²) in [5, 5.41) is 0. The lowest BCUT2D eigenvalue weighted by Gasteiger charge is -2.35. The molecule has 0 amide bonds. The van der Waals surface area contributed by atoms with E-state index in [1.165, 1.54) is 5.69 Å². The van der Waals surface area contributed by atoms with Crippen LogP contribution in [-0.4, -0.2) is 37.6 Å². The molecule has 3 heteroatoms. The number of hydrogen-bond donors (Lipinski definition) is 0. The van der Waals surface area contributed by atoms with Gasteiger partial charge in [0.25, 0.3) is 0 Å². The lowest BCUT2D eigenvalue weighted by Crippen LogP contribution is -2.46. The topological polar surface area (TPSA) is 6.48 Å². The van der Waals surface area contributed by atoms with Crippen molar-refractivity contribution in [2.75, 3.05) is 37.6 Å². The Morgan fingerprint density at radius 2 is 1.67 bits per heavy atom. The molecule has 2 nitrogen and oxygen atoms in total. The van der Waals surface area contributed by atoms with Gasteiger partial charge in [0.05, 0.1) is 0 Å². The van der Waals surface area contributed by atoms with E-state index in [1.807, 2.05) is 0 Å². The summed E-state index contributed by atoms with van der Waals surface area (Å²) in [6.45, 7) is 9.31. The molecule has 0 bridgehead atoms. The van der Waals surface area contributed by atoms with Crippen molar-refractivity contribution in [1.29, 1.82) is 0 Å². The summed E-state index contributed by atoms with van der Waals surface area (Å²) < 4.78 is 1.14. The highest BCUT2D eigenvalue weighted by Crippen LogP contribution is 2.19. The maximum Gasteiger partial charge on any atom is 0.0367 e. The van der Waals surface area contributed by atoms with Crippen LogP contribution in [0.5, 0.6) is 0 Å². The van der Waals surface area contributed by atoms with E-state index >= 15 is 0 Å². The predicted octanol–water partition coefficient (Wildman–Crippen LogP) is 2.41. The van der Waals surface area contributed by atoms with E-state index < -0.39 is 0 Å². The third-order valence-electron chi connectivity index (χ3n) is 2.88. The number of rotatable bonds is 2. The van der Waals surface area contributed by atoms with Gasteiger partial charge < -0.3 is 4.90 Å². The minimum atomic E-state index is 0.925. The van der Waals surface area contributed by atoms with Gasteiger partial charge >= 0.3 is 0 Å². The van der Waals surface area contributed by atoms with Crippen LogP contribution in [0.15, 0.2) is 28.7 Å². The van der Waals surface area contributed by atoms with Crippen molar-refractivity contribution >= 4 is 21.6 Å². The Kier molecular flexibility index (Phi) is 3.65. The molecule has 1 saturated heterocycles. The molecule has 1 fully saturated rings.